The molecule has 2 rings (SSSR count). The molecule has 0 aromatic carbocycles. The Morgan fingerprint density at radius 3 is 2.57 bits per heavy atom. The lowest BCUT2D eigenvalue weighted by atomic mass is 10.0. The minimum absolute atomic E-state index is 0.149. The Morgan fingerprint density at radius 1 is 1.29 bits per heavy atom. The van der Waals surface area contributed by atoms with Gasteiger partial charge in [0.15, 0.2) is 6.61 Å². The lowest BCUT2D eigenvalue weighted by Crippen LogP contribution is -2.45. The third-order valence-corrected chi connectivity index (χ3v) is 5.28. The quantitative estimate of drug-likeness (QED) is 0.494. The minimum atomic E-state index is -0.864. The lowest BCUT2D eigenvalue weighted by molar-refractivity contribution is -0.145. The van der Waals surface area contributed by atoms with Crippen LogP contribution in [0.5, 0.6) is 0 Å². The molecule has 2 aromatic rings. The molecule has 7 nitrogen and oxygen atoms in total. The average Bonchev–Trinajstić information content (AvgIpc) is 3.21. The first-order valence-corrected chi connectivity index (χ1v) is 10.0. The van der Waals surface area contributed by atoms with Crippen LogP contribution >= 0.6 is 11.3 Å². The first-order valence-electron chi connectivity index (χ1n) is 9.14. The number of esters is 1. The molecule has 2 amide bonds. The van der Waals surface area contributed by atoms with Gasteiger partial charge in [-0.1, -0.05) is 19.9 Å². The number of Topliss-reactive ketones (excluding diaryl/α,β-unsaturated/α-hetero) is 1. The van der Waals surface area contributed by atoms with E-state index in [1.807, 2.05) is 51.3 Å². The Balaban J connectivity index is 2.04. The minimum Gasteiger partial charge on any atom is -0.456 e. The summed E-state index contributed by atoms with van der Waals surface area (Å²) in [6, 6.07) is 4.19. The molecule has 0 aliphatic heterocycles. The number of carbonyl (C=O) groups excluding carboxylic acids is 3. The fraction of sp³-hybridized carbons (Fsp3) is 0.450. The molecule has 0 aliphatic carbocycles. The van der Waals surface area contributed by atoms with E-state index in [1.54, 1.807) is 11.3 Å². The number of nitrogens with two attached hydrogens (primary N) is 1. The molecule has 0 spiro atoms. The van der Waals surface area contributed by atoms with E-state index in [1.165, 1.54) is 4.88 Å². The van der Waals surface area contributed by atoms with Crippen molar-refractivity contribution < 1.29 is 19.1 Å². The van der Waals surface area contributed by atoms with Gasteiger partial charge in [-0.15, -0.1) is 11.3 Å². The fourth-order valence-electron chi connectivity index (χ4n) is 3.06. The highest BCUT2D eigenvalue weighted by Gasteiger charge is 2.24. The van der Waals surface area contributed by atoms with Crippen LogP contribution in [0.25, 0.3) is 0 Å². The van der Waals surface area contributed by atoms with E-state index in [0.717, 1.165) is 11.4 Å². The summed E-state index contributed by atoms with van der Waals surface area (Å²) in [4.78, 5) is 37.2. The SMILES string of the molecule is Cc1cc(C(=O)COC(=O)[C@H](CC(C)C)NC(N)=O)c(C)n1Cc1cccs1. The fourth-order valence-corrected chi connectivity index (χ4v) is 3.75. The van der Waals surface area contributed by atoms with Crippen molar-refractivity contribution in [3.8, 4) is 0 Å². The number of nitrogens with one attached hydrogen (secondary N) is 1. The number of nitrogens with zero attached hydrogens (tertiary/aromatic N) is 1. The number of thiophene rings is 1. The van der Waals surface area contributed by atoms with Crippen LogP contribution in [-0.2, 0) is 16.1 Å². The summed E-state index contributed by atoms with van der Waals surface area (Å²) in [5.74, 6) is -0.786. The number of carbonyl (C=O) groups is 3. The predicted molar refractivity (Wildman–Crippen MR) is 109 cm³/mol. The van der Waals surface area contributed by atoms with Gasteiger partial charge in [0.1, 0.15) is 6.04 Å². The summed E-state index contributed by atoms with van der Waals surface area (Å²) >= 11 is 1.66. The molecule has 2 heterocycles. The van der Waals surface area contributed by atoms with Crippen LogP contribution in [-0.4, -0.2) is 35.0 Å². The smallest absolute Gasteiger partial charge is 0.329 e. The Kier molecular flexibility index (Phi) is 7.39. The number of primary amides is 1. The molecule has 0 saturated heterocycles. The molecular formula is C20H27N3O4S. The van der Waals surface area contributed by atoms with Crippen molar-refractivity contribution in [2.75, 3.05) is 6.61 Å². The third kappa shape index (κ3) is 5.69. The highest BCUT2D eigenvalue weighted by Crippen LogP contribution is 2.20. The van der Waals surface area contributed by atoms with Gasteiger partial charge < -0.3 is 20.4 Å². The molecule has 28 heavy (non-hydrogen) atoms. The monoisotopic (exact) mass is 405 g/mol. The van der Waals surface area contributed by atoms with Crippen molar-refractivity contribution in [2.24, 2.45) is 11.7 Å². The molecular weight excluding hydrogens is 378 g/mol. The van der Waals surface area contributed by atoms with Crippen LogP contribution in [0.15, 0.2) is 23.6 Å². The predicted octanol–water partition coefficient (Wildman–Crippen LogP) is 3.02. The summed E-state index contributed by atoms with van der Waals surface area (Å²) < 4.78 is 7.23. The molecule has 152 valence electrons. The Bertz CT molecular complexity index is 840. The van der Waals surface area contributed by atoms with Crippen molar-refractivity contribution in [1.29, 1.82) is 0 Å². The Labute approximate surface area is 168 Å². The van der Waals surface area contributed by atoms with E-state index in [2.05, 4.69) is 9.88 Å². The van der Waals surface area contributed by atoms with Crippen molar-refractivity contribution in [3.63, 3.8) is 0 Å². The molecule has 0 aliphatic rings. The lowest BCUT2D eigenvalue weighted by Gasteiger charge is -2.18. The number of hydrogen-bond donors (Lipinski definition) is 2. The van der Waals surface area contributed by atoms with Gasteiger partial charge >= 0.3 is 12.0 Å². The first-order chi connectivity index (χ1) is 13.2. The van der Waals surface area contributed by atoms with Crippen LogP contribution in [0, 0.1) is 19.8 Å². The zero-order chi connectivity index (χ0) is 20.8. The normalized spacial score (nSPS) is 12.0. The second kappa shape index (κ2) is 9.54. The van der Waals surface area contributed by atoms with Gasteiger partial charge in [-0.2, -0.15) is 0 Å². The van der Waals surface area contributed by atoms with Crippen LogP contribution in [0.4, 0.5) is 4.79 Å². The number of amides is 2. The summed E-state index contributed by atoms with van der Waals surface area (Å²) in [5.41, 5.74) is 7.46. The number of ether oxygens (including phenoxy) is 1. The maximum Gasteiger partial charge on any atom is 0.329 e. The molecule has 0 radical (unpaired) electrons. The first kappa shape index (κ1) is 21.7. The Morgan fingerprint density at radius 2 is 2.00 bits per heavy atom. The molecule has 2 aromatic heterocycles. The summed E-state index contributed by atoms with van der Waals surface area (Å²) in [6.45, 7) is 7.97. The zero-order valence-electron chi connectivity index (χ0n) is 16.7. The van der Waals surface area contributed by atoms with Crippen LogP contribution < -0.4 is 11.1 Å². The van der Waals surface area contributed by atoms with Gasteiger partial charge in [0, 0.05) is 21.8 Å². The second-order valence-corrected chi connectivity index (χ2v) is 8.20. The topological polar surface area (TPSA) is 103 Å². The van der Waals surface area contributed by atoms with Gasteiger partial charge in [0.05, 0.1) is 6.54 Å². The van der Waals surface area contributed by atoms with Gasteiger partial charge in [-0.25, -0.2) is 9.59 Å². The molecule has 0 unspecified atom stereocenters. The molecule has 3 N–H and O–H groups in total. The van der Waals surface area contributed by atoms with E-state index < -0.39 is 18.0 Å². The Hall–Kier alpha value is -2.61. The summed E-state index contributed by atoms with van der Waals surface area (Å²) in [5, 5.41) is 4.39. The van der Waals surface area contributed by atoms with Crippen LogP contribution in [0.2, 0.25) is 0 Å². The number of aryl methyl sites for hydroxylation is 1. The molecule has 0 saturated carbocycles. The average molecular weight is 406 g/mol. The van der Waals surface area contributed by atoms with Crippen molar-refractivity contribution >= 4 is 29.1 Å². The van der Waals surface area contributed by atoms with Gasteiger partial charge in [0.25, 0.3) is 0 Å². The number of urea groups is 1. The van der Waals surface area contributed by atoms with E-state index in [4.69, 9.17) is 10.5 Å². The molecule has 8 heteroatoms. The molecule has 0 fully saturated rings. The number of ketones is 1. The van der Waals surface area contributed by atoms with E-state index in [0.29, 0.717) is 18.5 Å². The molecule has 1 atom stereocenters. The highest BCUT2D eigenvalue weighted by atomic mass is 32.1. The highest BCUT2D eigenvalue weighted by molar-refractivity contribution is 7.09. The van der Waals surface area contributed by atoms with E-state index in [-0.39, 0.29) is 18.3 Å². The van der Waals surface area contributed by atoms with Crippen LogP contribution in [0.3, 0.4) is 0 Å². The maximum atomic E-state index is 12.6. The third-order valence-electron chi connectivity index (χ3n) is 4.42. The van der Waals surface area contributed by atoms with Crippen molar-refractivity contribution in [2.45, 2.75) is 46.7 Å². The standard InChI is InChI=1S/C20H27N3O4S/c1-12(2)8-17(22-20(21)26)19(25)27-11-18(24)16-9-13(3)23(14(16)4)10-15-6-5-7-28-15/h5-7,9,12,17H,8,10-11H2,1-4H3,(H3,21,22,26)/t17-/m0/s1. The zero-order valence-corrected chi connectivity index (χ0v) is 17.5. The summed E-state index contributed by atoms with van der Waals surface area (Å²) in [6.07, 6.45) is 0.380. The van der Waals surface area contributed by atoms with Crippen molar-refractivity contribution in [3.05, 3.63) is 45.4 Å². The largest absolute Gasteiger partial charge is 0.456 e. The van der Waals surface area contributed by atoms with Gasteiger partial charge in [-0.05, 0) is 43.7 Å². The van der Waals surface area contributed by atoms with Crippen molar-refractivity contribution in [1.82, 2.24) is 9.88 Å². The van der Waals surface area contributed by atoms with E-state index in [9.17, 15) is 14.4 Å². The number of aromatic nitrogens is 1. The molecule has 0 bridgehead atoms. The van der Waals surface area contributed by atoms with E-state index >= 15 is 0 Å². The summed E-state index contributed by atoms with van der Waals surface area (Å²) in [7, 11) is 0. The van der Waals surface area contributed by atoms with Gasteiger partial charge in [0.2, 0.25) is 5.78 Å². The second-order valence-electron chi connectivity index (χ2n) is 7.17. The number of hydrogen-bond acceptors (Lipinski definition) is 5. The maximum absolute atomic E-state index is 12.6. The van der Waals surface area contributed by atoms with Gasteiger partial charge in [-0.3, -0.25) is 4.79 Å². The number of rotatable bonds is 9. The van der Waals surface area contributed by atoms with Crippen LogP contribution in [0.1, 0.15) is 46.9 Å².